The average Bonchev–Trinajstić information content (AvgIpc) is 3.70. The van der Waals surface area contributed by atoms with E-state index in [1.54, 1.807) is 0 Å². The molecule has 0 radical (unpaired) electrons. The second kappa shape index (κ2) is 12.4. The quantitative estimate of drug-likeness (QED) is 0.285. The number of fused-ring (bicyclic) bond motifs is 1. The SMILES string of the molecule is CCCCc1nc(C)c(CC(=S)N2CC3CN(C)CC3C2)c(=O)n1Cc1ccc(-c2ccccc2-c2noc(=O)[nH]2)cc1. The van der Waals surface area contributed by atoms with Crippen molar-refractivity contribution in [1.29, 1.82) is 0 Å². The molecule has 2 aromatic heterocycles. The molecule has 0 bridgehead atoms. The van der Waals surface area contributed by atoms with Gasteiger partial charge in [0.25, 0.3) is 5.56 Å². The van der Waals surface area contributed by atoms with Crippen LogP contribution in [-0.2, 0) is 19.4 Å². The van der Waals surface area contributed by atoms with Crippen molar-refractivity contribution in [2.75, 3.05) is 33.2 Å². The number of nitrogens with one attached hydrogen (secondary N) is 1. The summed E-state index contributed by atoms with van der Waals surface area (Å²) < 4.78 is 6.57. The predicted molar refractivity (Wildman–Crippen MR) is 171 cm³/mol. The van der Waals surface area contributed by atoms with Crippen LogP contribution >= 0.6 is 12.2 Å². The van der Waals surface area contributed by atoms with Crippen LogP contribution in [0.4, 0.5) is 0 Å². The zero-order chi connectivity index (χ0) is 30.1. The fourth-order valence-corrected chi connectivity index (χ4v) is 6.90. The van der Waals surface area contributed by atoms with E-state index in [9.17, 15) is 9.59 Å². The molecule has 10 heteroatoms. The Labute approximate surface area is 256 Å². The number of nitrogens with zero attached hydrogens (tertiary/aromatic N) is 5. The lowest BCUT2D eigenvalue weighted by Gasteiger charge is -2.23. The molecule has 2 saturated heterocycles. The van der Waals surface area contributed by atoms with E-state index in [4.69, 9.17) is 21.7 Å². The van der Waals surface area contributed by atoms with Crippen molar-refractivity contribution in [2.24, 2.45) is 11.8 Å². The minimum absolute atomic E-state index is 0.00415. The van der Waals surface area contributed by atoms with Crippen LogP contribution in [-0.4, -0.2) is 67.7 Å². The Kier molecular flexibility index (Phi) is 8.41. The third kappa shape index (κ3) is 6.12. The van der Waals surface area contributed by atoms with Gasteiger partial charge in [0.05, 0.1) is 11.5 Å². The number of aromatic amines is 1. The number of benzene rings is 2. The predicted octanol–water partition coefficient (Wildman–Crippen LogP) is 4.32. The molecule has 2 aliphatic rings. The van der Waals surface area contributed by atoms with E-state index in [0.717, 1.165) is 84.2 Å². The Balaban J connectivity index is 1.26. The maximum absolute atomic E-state index is 14.1. The summed E-state index contributed by atoms with van der Waals surface area (Å²) in [6.45, 7) is 8.72. The van der Waals surface area contributed by atoms with Crippen molar-refractivity contribution >= 4 is 17.2 Å². The third-order valence-corrected chi connectivity index (χ3v) is 9.28. The van der Waals surface area contributed by atoms with Gasteiger partial charge in [0.1, 0.15) is 5.82 Å². The van der Waals surface area contributed by atoms with Crippen molar-refractivity contribution in [3.05, 3.63) is 92.1 Å². The van der Waals surface area contributed by atoms with Crippen LogP contribution in [0.2, 0.25) is 0 Å². The molecule has 4 aromatic rings. The first-order chi connectivity index (χ1) is 20.8. The van der Waals surface area contributed by atoms with Gasteiger partial charge < -0.3 is 9.80 Å². The van der Waals surface area contributed by atoms with Crippen molar-refractivity contribution in [2.45, 2.75) is 46.1 Å². The van der Waals surface area contributed by atoms with Crippen LogP contribution in [0.15, 0.2) is 62.6 Å². The molecule has 6 rings (SSSR count). The van der Waals surface area contributed by atoms with Crippen LogP contribution in [0.1, 0.15) is 42.4 Å². The number of hydrogen-bond donors (Lipinski definition) is 1. The van der Waals surface area contributed by atoms with Crippen molar-refractivity contribution in [1.82, 2.24) is 29.5 Å². The Hall–Kier alpha value is -3.89. The molecule has 0 aliphatic carbocycles. The summed E-state index contributed by atoms with van der Waals surface area (Å²) >= 11 is 5.91. The van der Waals surface area contributed by atoms with Crippen molar-refractivity contribution < 1.29 is 4.52 Å². The molecule has 0 amide bonds. The molecule has 2 fully saturated rings. The molecule has 2 aliphatic heterocycles. The van der Waals surface area contributed by atoms with E-state index < -0.39 is 5.76 Å². The fourth-order valence-electron chi connectivity index (χ4n) is 6.60. The lowest BCUT2D eigenvalue weighted by Crippen LogP contribution is -2.36. The fraction of sp³-hybridized carbons (Fsp3) is 0.424. The number of thiocarbonyl (C=S) groups is 1. The number of unbranched alkanes of at least 4 members (excludes halogenated alkanes) is 1. The summed E-state index contributed by atoms with van der Waals surface area (Å²) in [4.78, 5) is 38.8. The van der Waals surface area contributed by atoms with Crippen LogP contribution in [0, 0.1) is 18.8 Å². The molecule has 0 spiro atoms. The van der Waals surface area contributed by atoms with Gasteiger partial charge in [0.2, 0.25) is 0 Å². The van der Waals surface area contributed by atoms with E-state index in [1.165, 1.54) is 0 Å². The third-order valence-electron chi connectivity index (χ3n) is 8.88. The second-order valence-electron chi connectivity index (χ2n) is 12.0. The first-order valence-corrected chi connectivity index (χ1v) is 15.5. The highest BCUT2D eigenvalue weighted by Crippen LogP contribution is 2.31. The molecule has 9 nitrogen and oxygen atoms in total. The average molecular weight is 599 g/mol. The molecule has 2 aromatic carbocycles. The molecule has 4 heterocycles. The summed E-state index contributed by atoms with van der Waals surface area (Å²) in [5, 5.41) is 3.87. The Morgan fingerprint density at radius 3 is 2.37 bits per heavy atom. The molecule has 1 N–H and O–H groups in total. The van der Waals surface area contributed by atoms with Gasteiger partial charge in [-0.15, -0.1) is 0 Å². The highest BCUT2D eigenvalue weighted by atomic mass is 32.1. The highest BCUT2D eigenvalue weighted by molar-refractivity contribution is 7.80. The summed E-state index contributed by atoms with van der Waals surface area (Å²) in [7, 11) is 2.19. The van der Waals surface area contributed by atoms with Crippen molar-refractivity contribution in [3.63, 3.8) is 0 Å². The maximum Gasteiger partial charge on any atom is 0.439 e. The smallest absolute Gasteiger partial charge is 0.365 e. The van der Waals surface area contributed by atoms with E-state index in [-0.39, 0.29) is 5.56 Å². The van der Waals surface area contributed by atoms with Gasteiger partial charge in [0, 0.05) is 55.8 Å². The van der Waals surface area contributed by atoms with Crippen LogP contribution in [0.25, 0.3) is 22.5 Å². The van der Waals surface area contributed by atoms with E-state index >= 15 is 0 Å². The first kappa shape index (κ1) is 29.2. The minimum Gasteiger partial charge on any atom is -0.365 e. The number of likely N-dealkylation sites (tertiary alicyclic amines) is 2. The lowest BCUT2D eigenvalue weighted by molar-refractivity contribution is 0.348. The first-order valence-electron chi connectivity index (χ1n) is 15.1. The van der Waals surface area contributed by atoms with E-state index in [0.29, 0.717) is 36.2 Å². The summed E-state index contributed by atoms with van der Waals surface area (Å²) in [6, 6.07) is 15.9. The topological polar surface area (TPSA) is 100 Å². The number of aryl methyl sites for hydroxylation is 2. The van der Waals surface area contributed by atoms with Gasteiger partial charge >= 0.3 is 5.76 Å². The Bertz CT molecular complexity index is 1730. The van der Waals surface area contributed by atoms with E-state index in [1.807, 2.05) is 60.0 Å². The highest BCUT2D eigenvalue weighted by Gasteiger charge is 2.39. The van der Waals surface area contributed by atoms with Gasteiger partial charge in [0.15, 0.2) is 5.82 Å². The largest absolute Gasteiger partial charge is 0.439 e. The number of aromatic nitrogens is 4. The lowest BCUT2D eigenvalue weighted by atomic mass is 9.98. The Morgan fingerprint density at radius 1 is 1.02 bits per heavy atom. The van der Waals surface area contributed by atoms with Crippen LogP contribution in [0.3, 0.4) is 0 Å². The standard InChI is InChI=1S/C33H38N6O3S/c1-4-5-10-29-34-21(2)28(15-30(43)38-19-24-17-37(3)18-25(24)20-38)32(40)39(29)16-22-11-13-23(14-12-22)26-8-6-7-9-27(26)31-35-33(41)42-36-31/h6-9,11-14,24-25H,4-5,10,15-20H2,1-3H3,(H,35,36,41). The van der Waals surface area contributed by atoms with Gasteiger partial charge in [-0.05, 0) is 48.9 Å². The zero-order valence-electron chi connectivity index (χ0n) is 25.0. The Morgan fingerprint density at radius 2 is 1.72 bits per heavy atom. The molecule has 43 heavy (non-hydrogen) atoms. The van der Waals surface area contributed by atoms with Gasteiger partial charge in [-0.25, -0.2) is 9.78 Å². The molecule has 2 unspecified atom stereocenters. The monoisotopic (exact) mass is 598 g/mol. The van der Waals surface area contributed by atoms with Crippen LogP contribution < -0.4 is 11.3 Å². The van der Waals surface area contributed by atoms with E-state index in [2.05, 4.69) is 33.9 Å². The zero-order valence-corrected chi connectivity index (χ0v) is 25.8. The molecule has 224 valence electrons. The normalized spacial score (nSPS) is 18.3. The van der Waals surface area contributed by atoms with Gasteiger partial charge in [-0.1, -0.05) is 79.3 Å². The molecule has 0 saturated carbocycles. The minimum atomic E-state index is -0.591. The molecular formula is C33H38N6O3S. The number of rotatable bonds is 9. The van der Waals surface area contributed by atoms with Gasteiger partial charge in [-0.3, -0.25) is 18.9 Å². The summed E-state index contributed by atoms with van der Waals surface area (Å²) in [5.74, 6) is 1.93. The second-order valence-corrected chi connectivity index (χ2v) is 12.5. The van der Waals surface area contributed by atoms with Gasteiger partial charge in [-0.2, -0.15) is 0 Å². The van der Waals surface area contributed by atoms with Crippen molar-refractivity contribution in [3.8, 4) is 22.5 Å². The number of hydrogen-bond acceptors (Lipinski definition) is 7. The van der Waals surface area contributed by atoms with Crippen LogP contribution in [0.5, 0.6) is 0 Å². The molecule has 2 atom stereocenters. The number of H-pyrrole nitrogens is 1. The molecular weight excluding hydrogens is 560 g/mol. The maximum atomic E-state index is 14.1. The summed E-state index contributed by atoms with van der Waals surface area (Å²) in [5.41, 5.74) is 5.16. The summed E-state index contributed by atoms with van der Waals surface area (Å²) in [6.07, 6.45) is 3.20.